The molecule has 3 aliphatic rings. The van der Waals surface area contributed by atoms with E-state index < -0.39 is 0 Å². The molecule has 3 heteroatoms. The summed E-state index contributed by atoms with van der Waals surface area (Å²) in [6, 6.07) is 8.19. The molecule has 2 bridgehead atoms. The standard InChI is InChI=1S/C16H15ClN2/c17-14-12-8-4-3-5-9(8)13(14)16-15(12)18-10-6-1-2-7-11(10)19-16/h1-2,6-9,12-14H,3-5H2/t8-,9+,12-,13+,14?. The number of halogens is 1. The molecule has 1 aromatic heterocycles. The minimum absolute atomic E-state index is 0.238. The highest BCUT2D eigenvalue weighted by Crippen LogP contribution is 2.65. The van der Waals surface area contributed by atoms with E-state index in [0.29, 0.717) is 11.8 Å². The second-order valence-corrected chi connectivity index (χ2v) is 6.74. The normalized spacial score (nSPS) is 38.7. The summed E-state index contributed by atoms with van der Waals surface area (Å²) in [4.78, 5) is 9.80. The van der Waals surface area contributed by atoms with Crippen molar-refractivity contribution in [2.45, 2.75) is 36.5 Å². The number of alkyl halides is 1. The predicted octanol–water partition coefficient (Wildman–Crippen LogP) is 3.85. The van der Waals surface area contributed by atoms with E-state index in [1.54, 1.807) is 0 Å². The number of hydrogen-bond acceptors (Lipinski definition) is 2. The van der Waals surface area contributed by atoms with Crippen molar-refractivity contribution in [3.63, 3.8) is 0 Å². The number of para-hydroxylation sites is 2. The van der Waals surface area contributed by atoms with Gasteiger partial charge in [0.2, 0.25) is 0 Å². The third kappa shape index (κ3) is 1.19. The van der Waals surface area contributed by atoms with Crippen LogP contribution in [0, 0.1) is 11.8 Å². The van der Waals surface area contributed by atoms with E-state index in [1.807, 2.05) is 12.1 Å². The average Bonchev–Trinajstić information content (AvgIpc) is 3.05. The Morgan fingerprint density at radius 2 is 1.42 bits per heavy atom. The molecule has 0 amide bonds. The van der Waals surface area contributed by atoms with Crippen molar-refractivity contribution in [1.29, 1.82) is 0 Å². The highest BCUT2D eigenvalue weighted by atomic mass is 35.5. The molecular weight excluding hydrogens is 256 g/mol. The van der Waals surface area contributed by atoms with Gasteiger partial charge in [-0.25, -0.2) is 9.97 Å². The van der Waals surface area contributed by atoms with Gasteiger partial charge in [-0.3, -0.25) is 0 Å². The molecule has 1 aromatic carbocycles. The minimum Gasteiger partial charge on any atom is -0.249 e. The van der Waals surface area contributed by atoms with Crippen LogP contribution in [0.25, 0.3) is 11.0 Å². The average molecular weight is 271 g/mol. The zero-order valence-corrected chi connectivity index (χ0v) is 11.3. The molecule has 0 radical (unpaired) electrons. The van der Waals surface area contributed by atoms with Gasteiger partial charge in [-0.15, -0.1) is 11.6 Å². The smallest absolute Gasteiger partial charge is 0.0890 e. The second kappa shape index (κ2) is 3.49. The molecule has 2 aromatic rings. The Hall–Kier alpha value is -1.15. The Bertz CT molecular complexity index is 627. The van der Waals surface area contributed by atoms with Gasteiger partial charge in [0.15, 0.2) is 0 Å². The third-order valence-electron chi connectivity index (χ3n) is 5.49. The molecular formula is C16H15ClN2. The van der Waals surface area contributed by atoms with E-state index in [9.17, 15) is 0 Å². The zero-order valence-electron chi connectivity index (χ0n) is 10.6. The molecule has 0 N–H and O–H groups in total. The number of hydrogen-bond donors (Lipinski definition) is 0. The minimum atomic E-state index is 0.238. The molecule has 2 fully saturated rings. The van der Waals surface area contributed by atoms with Crippen LogP contribution in [0.1, 0.15) is 42.5 Å². The van der Waals surface area contributed by atoms with Crippen LogP contribution in [-0.4, -0.2) is 15.3 Å². The lowest BCUT2D eigenvalue weighted by Crippen LogP contribution is -2.19. The van der Waals surface area contributed by atoms with E-state index in [4.69, 9.17) is 21.6 Å². The zero-order chi connectivity index (χ0) is 12.6. The SMILES string of the molecule is ClC1[C@H]2c3nc4ccccc4nc3[C@@H]1[C@@H]1CCC[C@@H]12. The van der Waals surface area contributed by atoms with Crippen molar-refractivity contribution in [3.05, 3.63) is 35.7 Å². The van der Waals surface area contributed by atoms with Crippen molar-refractivity contribution in [3.8, 4) is 0 Å². The Morgan fingerprint density at radius 1 is 0.895 bits per heavy atom. The first-order valence-corrected chi connectivity index (χ1v) is 7.69. The van der Waals surface area contributed by atoms with Gasteiger partial charge in [0, 0.05) is 11.8 Å². The monoisotopic (exact) mass is 270 g/mol. The summed E-state index contributed by atoms with van der Waals surface area (Å²) in [6.07, 6.45) is 4.03. The first-order chi connectivity index (χ1) is 9.34. The van der Waals surface area contributed by atoms with E-state index in [-0.39, 0.29) is 5.38 Å². The molecule has 3 aliphatic carbocycles. The van der Waals surface area contributed by atoms with Crippen LogP contribution in [0.5, 0.6) is 0 Å². The Balaban J connectivity index is 1.78. The lowest BCUT2D eigenvalue weighted by atomic mass is 9.82. The number of aromatic nitrogens is 2. The number of benzene rings is 1. The van der Waals surface area contributed by atoms with Crippen molar-refractivity contribution in [2.75, 3.05) is 0 Å². The first kappa shape index (κ1) is 10.6. The van der Waals surface area contributed by atoms with E-state index in [0.717, 1.165) is 22.9 Å². The van der Waals surface area contributed by atoms with Crippen molar-refractivity contribution < 1.29 is 0 Å². The molecule has 1 heterocycles. The number of nitrogens with zero attached hydrogens (tertiary/aromatic N) is 2. The van der Waals surface area contributed by atoms with Crippen LogP contribution >= 0.6 is 11.6 Å². The maximum absolute atomic E-state index is 6.73. The highest BCUT2D eigenvalue weighted by molar-refractivity contribution is 6.22. The predicted molar refractivity (Wildman–Crippen MR) is 75.5 cm³/mol. The molecule has 0 spiro atoms. The fourth-order valence-corrected chi connectivity index (χ4v) is 5.44. The lowest BCUT2D eigenvalue weighted by Gasteiger charge is -2.25. The largest absolute Gasteiger partial charge is 0.249 e. The fourth-order valence-electron chi connectivity index (χ4n) is 4.83. The molecule has 2 nitrogen and oxygen atoms in total. The van der Waals surface area contributed by atoms with Crippen LogP contribution < -0.4 is 0 Å². The van der Waals surface area contributed by atoms with Gasteiger partial charge in [-0.2, -0.15) is 0 Å². The quantitative estimate of drug-likeness (QED) is 0.680. The van der Waals surface area contributed by atoms with Crippen LogP contribution in [0.15, 0.2) is 24.3 Å². The summed E-state index contributed by atoms with van der Waals surface area (Å²) in [6.45, 7) is 0. The number of fused-ring (bicyclic) bond motifs is 9. The van der Waals surface area contributed by atoms with Crippen molar-refractivity contribution >= 4 is 22.6 Å². The fraction of sp³-hybridized carbons (Fsp3) is 0.500. The first-order valence-electron chi connectivity index (χ1n) is 7.25. The lowest BCUT2D eigenvalue weighted by molar-refractivity contribution is 0.372. The van der Waals surface area contributed by atoms with Gasteiger partial charge in [0.1, 0.15) is 0 Å². The summed E-state index contributed by atoms with van der Waals surface area (Å²) >= 11 is 6.73. The second-order valence-electron chi connectivity index (χ2n) is 6.24. The van der Waals surface area contributed by atoms with Crippen molar-refractivity contribution in [1.82, 2.24) is 9.97 Å². The Kier molecular flexibility index (Phi) is 1.95. The molecule has 0 saturated heterocycles. The van der Waals surface area contributed by atoms with E-state index in [1.165, 1.54) is 30.7 Å². The Labute approximate surface area is 117 Å². The molecule has 5 rings (SSSR count). The summed E-state index contributed by atoms with van der Waals surface area (Å²) in [5.74, 6) is 2.48. The van der Waals surface area contributed by atoms with E-state index in [2.05, 4.69) is 12.1 Å². The van der Waals surface area contributed by atoms with Gasteiger partial charge < -0.3 is 0 Å². The highest BCUT2D eigenvalue weighted by Gasteiger charge is 2.59. The molecule has 96 valence electrons. The molecule has 19 heavy (non-hydrogen) atoms. The van der Waals surface area contributed by atoms with Crippen LogP contribution in [-0.2, 0) is 0 Å². The molecule has 5 atom stereocenters. The summed E-state index contributed by atoms with van der Waals surface area (Å²) in [5.41, 5.74) is 4.47. The summed E-state index contributed by atoms with van der Waals surface area (Å²) in [5, 5.41) is 0.238. The van der Waals surface area contributed by atoms with Crippen LogP contribution in [0.3, 0.4) is 0 Å². The Morgan fingerprint density at radius 3 is 1.95 bits per heavy atom. The van der Waals surface area contributed by atoms with Crippen LogP contribution in [0.4, 0.5) is 0 Å². The summed E-state index contributed by atoms with van der Waals surface area (Å²) in [7, 11) is 0. The maximum atomic E-state index is 6.73. The van der Waals surface area contributed by atoms with Crippen molar-refractivity contribution in [2.24, 2.45) is 11.8 Å². The number of rotatable bonds is 0. The van der Waals surface area contributed by atoms with Gasteiger partial charge in [-0.1, -0.05) is 18.6 Å². The van der Waals surface area contributed by atoms with E-state index >= 15 is 0 Å². The van der Waals surface area contributed by atoms with Crippen LogP contribution in [0.2, 0.25) is 0 Å². The maximum Gasteiger partial charge on any atom is 0.0890 e. The molecule has 0 aliphatic heterocycles. The molecule has 1 unspecified atom stereocenters. The molecule has 2 saturated carbocycles. The van der Waals surface area contributed by atoms with Gasteiger partial charge in [0.25, 0.3) is 0 Å². The third-order valence-corrected chi connectivity index (χ3v) is 6.03. The van der Waals surface area contributed by atoms with Gasteiger partial charge >= 0.3 is 0 Å². The topological polar surface area (TPSA) is 25.8 Å². The van der Waals surface area contributed by atoms with Gasteiger partial charge in [0.05, 0.1) is 27.8 Å². The van der Waals surface area contributed by atoms with Gasteiger partial charge in [-0.05, 0) is 36.8 Å². The summed E-state index contributed by atoms with van der Waals surface area (Å²) < 4.78 is 0.